The average Bonchev–Trinajstić information content (AvgIpc) is 2.44. The van der Waals surface area contributed by atoms with Crippen molar-refractivity contribution in [1.29, 1.82) is 5.26 Å². The quantitative estimate of drug-likeness (QED) is 0.236. The minimum Gasteiger partial charge on any atom is -1.00 e. The minimum atomic E-state index is 0. The van der Waals surface area contributed by atoms with E-state index >= 15 is 0 Å². The summed E-state index contributed by atoms with van der Waals surface area (Å²) in [5.41, 5.74) is 0. The van der Waals surface area contributed by atoms with Gasteiger partial charge >= 0.3 is 29.6 Å². The molecule has 1 aromatic heterocycles. The summed E-state index contributed by atoms with van der Waals surface area (Å²) in [5.74, 6) is 0. The zero-order chi connectivity index (χ0) is 7.66. The Bertz CT molecular complexity index is 193. The van der Waals surface area contributed by atoms with Gasteiger partial charge in [-0.1, -0.05) is 17.3 Å². The van der Waals surface area contributed by atoms with Gasteiger partial charge in [0.2, 0.25) is 0 Å². The summed E-state index contributed by atoms with van der Waals surface area (Å²) < 4.78 is 0. The number of hydrogen-bond acceptors (Lipinski definition) is 4. The van der Waals surface area contributed by atoms with Crippen LogP contribution in [0.25, 0.3) is 0 Å². The van der Waals surface area contributed by atoms with Gasteiger partial charge in [0, 0.05) is 0 Å². The summed E-state index contributed by atoms with van der Waals surface area (Å²) in [6.07, 6.45) is 0.736. The smallest absolute Gasteiger partial charge is 1.00 e. The first-order valence-electron chi connectivity index (χ1n) is 2.44. The van der Waals surface area contributed by atoms with Gasteiger partial charge in [0.15, 0.2) is 0 Å². The molecule has 5 heteroatoms. The van der Waals surface area contributed by atoms with Crippen molar-refractivity contribution < 1.29 is 36.2 Å². The topological polar surface area (TPSA) is 56.4 Å². The van der Waals surface area contributed by atoms with Crippen molar-refractivity contribution in [2.24, 2.45) is 5.16 Å². The summed E-state index contributed by atoms with van der Waals surface area (Å²) in [6, 6.07) is 5.51. The molecule has 0 aliphatic heterocycles. The molecule has 1 N–H and O–H groups in total. The van der Waals surface area contributed by atoms with E-state index in [2.05, 4.69) is 5.16 Å². The van der Waals surface area contributed by atoms with E-state index in [1.54, 1.807) is 11.3 Å². The largest absolute Gasteiger partial charge is 1.00 e. The van der Waals surface area contributed by atoms with Crippen LogP contribution in [0.2, 0.25) is 0 Å². The summed E-state index contributed by atoms with van der Waals surface area (Å²) in [5, 5.41) is 21.4. The van der Waals surface area contributed by atoms with E-state index in [0.717, 1.165) is 6.21 Å². The maximum atomic E-state index is 7.51. The van der Waals surface area contributed by atoms with Gasteiger partial charge in [-0.3, -0.25) is 0 Å². The van der Waals surface area contributed by atoms with Crippen LogP contribution in [0.3, 0.4) is 0 Å². The Kier molecular flexibility index (Phi) is 14.9. The number of nitrogens with zero attached hydrogens (tertiary/aromatic N) is 2. The molecule has 1 aromatic rings. The predicted octanol–water partition coefficient (Wildman–Crippen LogP) is -1.17. The maximum absolute atomic E-state index is 7.51. The Hall–Kier alpha value is -0.340. The molecule has 0 atom stereocenters. The van der Waals surface area contributed by atoms with Crippen molar-refractivity contribution in [1.82, 2.24) is 0 Å². The zero-order valence-electron chi connectivity index (χ0n) is 7.14. The minimum absolute atomic E-state index is 0. The molecule has 0 fully saturated rings. The Labute approximate surface area is 92.7 Å². The number of nitriles is 1. The van der Waals surface area contributed by atoms with E-state index < -0.39 is 0 Å². The number of thiophene rings is 1. The second kappa shape index (κ2) is 12.3. The first kappa shape index (κ1) is 13.3. The fourth-order valence-electron chi connectivity index (χ4n) is 0.253. The van der Waals surface area contributed by atoms with Gasteiger partial charge in [0.05, 0.1) is 0 Å². The van der Waals surface area contributed by atoms with E-state index in [9.17, 15) is 0 Å². The van der Waals surface area contributed by atoms with Crippen LogP contribution in [0.4, 0.5) is 0 Å². The van der Waals surface area contributed by atoms with Crippen LogP contribution in [0.15, 0.2) is 28.0 Å². The molecule has 0 spiro atoms. The SMILES string of the molecule is N#CC=NO.[H-].[Na+].c1ccsc1. The summed E-state index contributed by atoms with van der Waals surface area (Å²) in [4.78, 5) is 0. The van der Waals surface area contributed by atoms with Gasteiger partial charge in [0.1, 0.15) is 12.3 Å². The molecule has 3 nitrogen and oxygen atoms in total. The van der Waals surface area contributed by atoms with Gasteiger partial charge in [-0.25, -0.2) is 0 Å². The fourth-order valence-corrected chi connectivity index (χ4v) is 0.706. The van der Waals surface area contributed by atoms with Gasteiger partial charge in [-0.2, -0.15) is 16.6 Å². The second-order valence-corrected chi connectivity index (χ2v) is 1.98. The standard InChI is InChI=1S/C4H4S.C2H2N2O.Na.H/c1-2-4-5-3-1;3-1-2-4-5;;/h1-4H;2,5H;;/q;;+1;-1. The van der Waals surface area contributed by atoms with Crippen molar-refractivity contribution >= 4 is 17.6 Å². The van der Waals surface area contributed by atoms with Crippen molar-refractivity contribution in [2.45, 2.75) is 0 Å². The normalized spacial score (nSPS) is 7.18. The molecule has 0 radical (unpaired) electrons. The third-order valence-electron chi connectivity index (χ3n) is 0.541. The van der Waals surface area contributed by atoms with Crippen LogP contribution in [0, 0.1) is 11.3 Å². The molecule has 0 aliphatic carbocycles. The molecule has 1 heterocycles. The fraction of sp³-hybridized carbons (Fsp3) is 0. The molecule has 11 heavy (non-hydrogen) atoms. The van der Waals surface area contributed by atoms with Gasteiger partial charge in [0.25, 0.3) is 0 Å². The molecule has 0 saturated heterocycles. The number of rotatable bonds is 0. The molecular formula is C6H7N2NaOS. The number of hydrogen-bond donors (Lipinski definition) is 1. The van der Waals surface area contributed by atoms with E-state index in [4.69, 9.17) is 10.5 Å². The van der Waals surface area contributed by atoms with E-state index in [0.29, 0.717) is 0 Å². The zero-order valence-corrected chi connectivity index (χ0v) is 8.95. The van der Waals surface area contributed by atoms with Crippen molar-refractivity contribution in [3.63, 3.8) is 0 Å². The van der Waals surface area contributed by atoms with Crippen LogP contribution in [-0.4, -0.2) is 11.4 Å². The van der Waals surface area contributed by atoms with Crippen LogP contribution in [0.5, 0.6) is 0 Å². The van der Waals surface area contributed by atoms with Crippen LogP contribution in [-0.2, 0) is 0 Å². The Morgan fingerprint density at radius 3 is 2.18 bits per heavy atom. The van der Waals surface area contributed by atoms with Crippen molar-refractivity contribution in [3.05, 3.63) is 22.9 Å². The second-order valence-electron chi connectivity index (χ2n) is 1.17. The van der Waals surface area contributed by atoms with Crippen molar-refractivity contribution in [3.8, 4) is 6.07 Å². The summed E-state index contributed by atoms with van der Waals surface area (Å²) in [6.45, 7) is 0. The Morgan fingerprint density at radius 1 is 1.55 bits per heavy atom. The van der Waals surface area contributed by atoms with Gasteiger partial charge in [-0.05, 0) is 10.8 Å². The van der Waals surface area contributed by atoms with E-state index in [1.165, 1.54) is 6.07 Å². The number of oxime groups is 1. The molecule has 0 aliphatic rings. The molecule has 0 bridgehead atoms. The van der Waals surface area contributed by atoms with E-state index in [1.807, 2.05) is 22.9 Å². The van der Waals surface area contributed by atoms with Crippen LogP contribution < -0.4 is 29.6 Å². The first-order chi connectivity index (χ1) is 4.91. The van der Waals surface area contributed by atoms with Gasteiger partial charge < -0.3 is 6.63 Å². The molecule has 54 valence electrons. The van der Waals surface area contributed by atoms with Crippen LogP contribution >= 0.6 is 11.3 Å². The van der Waals surface area contributed by atoms with Crippen LogP contribution in [0.1, 0.15) is 1.43 Å². The summed E-state index contributed by atoms with van der Waals surface area (Å²) >= 11 is 1.71. The van der Waals surface area contributed by atoms with E-state index in [-0.39, 0.29) is 31.0 Å². The monoisotopic (exact) mass is 178 g/mol. The first-order valence-corrected chi connectivity index (χ1v) is 3.38. The Morgan fingerprint density at radius 2 is 2.09 bits per heavy atom. The molecule has 0 aromatic carbocycles. The third kappa shape index (κ3) is 12.8. The summed E-state index contributed by atoms with van der Waals surface area (Å²) in [7, 11) is 0. The average molecular weight is 178 g/mol. The molecular weight excluding hydrogens is 171 g/mol. The molecule has 1 rings (SSSR count). The Balaban J connectivity index is -0.000000116. The third-order valence-corrected chi connectivity index (χ3v) is 1.17. The van der Waals surface area contributed by atoms with Crippen molar-refractivity contribution in [2.75, 3.05) is 0 Å². The predicted molar refractivity (Wildman–Crippen MR) is 41.3 cm³/mol. The molecule has 0 amide bonds. The maximum Gasteiger partial charge on any atom is 1.00 e. The molecule has 0 unspecified atom stereocenters. The molecule has 0 saturated carbocycles. The van der Waals surface area contributed by atoms with Gasteiger partial charge in [-0.15, -0.1) is 0 Å².